The second kappa shape index (κ2) is 2.13. The van der Waals surface area contributed by atoms with Crippen LogP contribution in [0.3, 0.4) is 0 Å². The monoisotopic (exact) mass is 109 g/mol. The first-order chi connectivity index (χ1) is 5.07. The number of nitrogens with two attached hydrogens (primary N) is 1. The highest BCUT2D eigenvalue weighted by molar-refractivity contribution is 7.80. The Kier molecular flexibility index (Phi) is 0.422. The number of hydrogen-bond donors (Lipinski definition) is 1. The molecule has 1 nitrogen and oxygen atoms in total. The fraction of sp³-hybridized carbons (Fsp3) is 0.750. The summed E-state index contributed by atoms with van der Waals surface area (Å²) in [5.41, 5.74) is 5.02. The lowest BCUT2D eigenvalue weighted by atomic mass is 10.2. The average molecular weight is 109 g/mol. The summed E-state index contributed by atoms with van der Waals surface area (Å²) in [6.07, 6.45) is 0. The summed E-state index contributed by atoms with van der Waals surface area (Å²) in [6, 6.07) is 0. The molecular weight excluding hydrogens is 94.1 g/mol. The minimum absolute atomic E-state index is 0.491. The highest BCUT2D eigenvalue weighted by Gasteiger charge is 1.90. The van der Waals surface area contributed by atoms with E-state index in [1.807, 2.05) is 0 Å². The zero-order chi connectivity index (χ0) is 10.2. The predicted molar refractivity (Wildman–Crippen MR) is 31.6 cm³/mol. The normalized spacial score (nSPS) is 28.2. The molecular formula is C4H9NS. The highest BCUT2D eigenvalue weighted by atomic mass is 32.1. The average Bonchev–Trinajstić information content (AvgIpc) is 1.49. The molecule has 0 saturated carbocycles. The summed E-state index contributed by atoms with van der Waals surface area (Å²) in [5, 5.41) is 0. The Hall–Kier alpha value is -0.110. The van der Waals surface area contributed by atoms with Gasteiger partial charge in [-0.1, -0.05) is 25.9 Å². The van der Waals surface area contributed by atoms with Gasteiger partial charge in [0.05, 0.1) is 4.99 Å². The zero-order valence-corrected chi connectivity index (χ0v) is 3.88. The summed E-state index contributed by atoms with van der Waals surface area (Å²) >= 11 is 4.37. The van der Waals surface area contributed by atoms with E-state index in [2.05, 4.69) is 12.2 Å². The fourth-order valence-electron chi connectivity index (χ4n) is 0. The van der Waals surface area contributed by atoms with Crippen LogP contribution < -0.4 is 5.73 Å². The van der Waals surface area contributed by atoms with Crippen molar-refractivity contribution in [3.8, 4) is 0 Å². The van der Waals surface area contributed by atoms with E-state index in [-0.39, 0.29) is 0 Å². The highest BCUT2D eigenvalue weighted by Crippen LogP contribution is 1.88. The van der Waals surface area contributed by atoms with Gasteiger partial charge < -0.3 is 5.73 Å². The Morgan fingerprint density at radius 3 is 2.50 bits per heavy atom. The minimum Gasteiger partial charge on any atom is -0.393 e. The molecule has 0 atom stereocenters. The maximum absolute atomic E-state index is 6.88. The molecule has 0 aromatic heterocycles. The minimum atomic E-state index is -2.66. The Labute approximate surface area is 52.0 Å². The van der Waals surface area contributed by atoms with Crippen molar-refractivity contribution < 1.29 is 8.22 Å². The summed E-state index contributed by atoms with van der Waals surface area (Å²) < 4.78 is 41.3. The van der Waals surface area contributed by atoms with Gasteiger partial charge in [-0.15, -0.1) is 0 Å². The number of thiocarbonyl (C=S) groups is 1. The third kappa shape index (κ3) is 2.15. The van der Waals surface area contributed by atoms with Gasteiger partial charge in [-0.05, 0) is 0 Å². The molecule has 0 aliphatic heterocycles. The maximum Gasteiger partial charge on any atom is 0.0753 e. The SMILES string of the molecule is [2H]C([2H])([2H])C(C(N)=S)C([2H])([2H])[2H]. The first kappa shape index (κ1) is 1.19. The molecule has 2 heteroatoms. The molecule has 2 N–H and O–H groups in total. The van der Waals surface area contributed by atoms with Crippen LogP contribution in [0.5, 0.6) is 0 Å². The smallest absolute Gasteiger partial charge is 0.0753 e. The quantitative estimate of drug-likeness (QED) is 0.507. The first-order valence-corrected chi connectivity index (χ1v) is 1.77. The lowest BCUT2D eigenvalue weighted by Gasteiger charge is -1.95. The predicted octanol–water partition coefficient (Wildman–Crippen LogP) is 0.929. The van der Waals surface area contributed by atoms with Crippen molar-refractivity contribution in [1.82, 2.24) is 0 Å². The Morgan fingerprint density at radius 1 is 2.00 bits per heavy atom. The van der Waals surface area contributed by atoms with Crippen molar-refractivity contribution in [3.63, 3.8) is 0 Å². The van der Waals surface area contributed by atoms with E-state index in [4.69, 9.17) is 14.0 Å². The zero-order valence-electron chi connectivity index (χ0n) is 9.06. The third-order valence-electron chi connectivity index (χ3n) is 0.285. The van der Waals surface area contributed by atoms with Gasteiger partial charge >= 0.3 is 0 Å². The van der Waals surface area contributed by atoms with E-state index in [0.29, 0.717) is 0 Å². The van der Waals surface area contributed by atoms with E-state index in [0.717, 1.165) is 0 Å². The van der Waals surface area contributed by atoms with Crippen LogP contribution in [0.4, 0.5) is 0 Å². The Bertz CT molecular complexity index is 167. The molecule has 0 aliphatic carbocycles. The van der Waals surface area contributed by atoms with Crippen LogP contribution >= 0.6 is 12.2 Å². The summed E-state index contributed by atoms with van der Waals surface area (Å²) in [7, 11) is 0. The molecule has 0 bridgehead atoms. The molecule has 0 aliphatic rings. The largest absolute Gasteiger partial charge is 0.393 e. The lowest BCUT2D eigenvalue weighted by Crippen LogP contribution is -2.14. The van der Waals surface area contributed by atoms with Gasteiger partial charge in [0, 0.05) is 14.1 Å². The first-order valence-electron chi connectivity index (χ1n) is 4.36. The fourth-order valence-corrected chi connectivity index (χ4v) is 0. The molecule has 0 heterocycles. The van der Waals surface area contributed by atoms with Crippen molar-refractivity contribution in [1.29, 1.82) is 0 Å². The van der Waals surface area contributed by atoms with Crippen LogP contribution in [0.15, 0.2) is 0 Å². The van der Waals surface area contributed by atoms with Crippen molar-refractivity contribution in [2.75, 3.05) is 0 Å². The van der Waals surface area contributed by atoms with Crippen LogP contribution in [0, 0.1) is 5.92 Å². The molecule has 0 aromatic rings. The molecule has 0 aromatic carbocycles. The topological polar surface area (TPSA) is 26.0 Å². The standard InChI is InChI=1S/C4H9NS/c1-3(2)4(5)6/h3H,1-2H3,(H2,5,6)/i1D3,2D3. The summed E-state index contributed by atoms with van der Waals surface area (Å²) in [5.74, 6) is -1.71. The van der Waals surface area contributed by atoms with Crippen LogP contribution in [0.2, 0.25) is 0 Å². The van der Waals surface area contributed by atoms with Crippen LogP contribution in [0.25, 0.3) is 0 Å². The van der Waals surface area contributed by atoms with Crippen LogP contribution in [-0.2, 0) is 0 Å². The molecule has 6 heavy (non-hydrogen) atoms. The van der Waals surface area contributed by atoms with Gasteiger partial charge in [0.15, 0.2) is 0 Å². The number of rotatable bonds is 1. The van der Waals surface area contributed by atoms with Crippen molar-refractivity contribution in [2.24, 2.45) is 11.7 Å². The van der Waals surface area contributed by atoms with Crippen LogP contribution in [-0.4, -0.2) is 4.99 Å². The second-order valence-electron chi connectivity index (χ2n) is 0.835. The molecule has 0 fully saturated rings. The summed E-state index contributed by atoms with van der Waals surface area (Å²) in [4.78, 5) is -0.491. The second-order valence-corrected chi connectivity index (χ2v) is 1.31. The molecule has 0 radical (unpaired) electrons. The van der Waals surface area contributed by atoms with E-state index < -0.39 is 24.6 Å². The molecule has 0 unspecified atom stereocenters. The van der Waals surface area contributed by atoms with Gasteiger partial charge in [-0.2, -0.15) is 0 Å². The number of hydrogen-bond acceptors (Lipinski definition) is 1. The van der Waals surface area contributed by atoms with Gasteiger partial charge in [0.25, 0.3) is 0 Å². The molecule has 0 spiro atoms. The van der Waals surface area contributed by atoms with E-state index in [1.165, 1.54) is 0 Å². The van der Waals surface area contributed by atoms with Gasteiger partial charge in [0.1, 0.15) is 0 Å². The maximum atomic E-state index is 6.88. The van der Waals surface area contributed by atoms with Crippen molar-refractivity contribution in [2.45, 2.75) is 13.7 Å². The summed E-state index contributed by atoms with van der Waals surface area (Å²) in [6.45, 7) is -5.31. The van der Waals surface area contributed by atoms with E-state index >= 15 is 0 Å². The van der Waals surface area contributed by atoms with Crippen LogP contribution in [0.1, 0.15) is 21.9 Å². The van der Waals surface area contributed by atoms with E-state index in [1.54, 1.807) is 0 Å². The van der Waals surface area contributed by atoms with Gasteiger partial charge in [-0.3, -0.25) is 0 Å². The Morgan fingerprint density at radius 2 is 2.50 bits per heavy atom. The van der Waals surface area contributed by atoms with Crippen molar-refractivity contribution in [3.05, 3.63) is 0 Å². The molecule has 36 valence electrons. The van der Waals surface area contributed by atoms with Gasteiger partial charge in [-0.25, -0.2) is 0 Å². The molecule has 0 rings (SSSR count). The molecule has 0 saturated heterocycles. The van der Waals surface area contributed by atoms with Crippen molar-refractivity contribution >= 4 is 17.2 Å². The lowest BCUT2D eigenvalue weighted by molar-refractivity contribution is 0.891. The third-order valence-corrected chi connectivity index (χ3v) is 0.520. The molecule has 0 amide bonds. The van der Waals surface area contributed by atoms with E-state index in [9.17, 15) is 0 Å². The van der Waals surface area contributed by atoms with Gasteiger partial charge in [0.2, 0.25) is 0 Å². The Balaban J connectivity index is 4.82.